The summed E-state index contributed by atoms with van der Waals surface area (Å²) >= 11 is 0. The number of nitrogens with zero attached hydrogens (tertiary/aromatic N) is 3. The number of imidazole rings is 1. The lowest BCUT2D eigenvalue weighted by molar-refractivity contribution is 0.759. The van der Waals surface area contributed by atoms with Gasteiger partial charge in [-0.15, -0.1) is 0 Å². The molecule has 22 heavy (non-hydrogen) atoms. The number of aromatic amines is 1. The summed E-state index contributed by atoms with van der Waals surface area (Å²) < 4.78 is 1.46. The lowest BCUT2D eigenvalue weighted by Gasteiger charge is -2.09. The Bertz CT molecular complexity index is 832. The molecule has 0 unspecified atom stereocenters. The number of nitrogens with one attached hydrogen (secondary N) is 1. The van der Waals surface area contributed by atoms with Crippen molar-refractivity contribution in [1.82, 2.24) is 19.5 Å². The molecular formula is C16H19N5O. The van der Waals surface area contributed by atoms with E-state index in [2.05, 4.69) is 34.0 Å². The number of aromatic nitrogens is 4. The fraction of sp³-hybridized carbons (Fsp3) is 0.312. The van der Waals surface area contributed by atoms with Crippen molar-refractivity contribution in [3.05, 3.63) is 52.1 Å². The second kappa shape index (κ2) is 6.01. The number of rotatable bonds is 5. The van der Waals surface area contributed by atoms with Crippen molar-refractivity contribution in [1.29, 1.82) is 0 Å². The van der Waals surface area contributed by atoms with Gasteiger partial charge in [0.2, 0.25) is 5.95 Å². The molecule has 0 atom stereocenters. The lowest BCUT2D eigenvalue weighted by Crippen LogP contribution is -2.25. The number of aryl methyl sites for hydroxylation is 1. The summed E-state index contributed by atoms with van der Waals surface area (Å²) in [6.07, 6.45) is 4.90. The first-order valence-corrected chi connectivity index (χ1v) is 7.46. The third kappa shape index (κ3) is 2.72. The van der Waals surface area contributed by atoms with Crippen LogP contribution in [0.2, 0.25) is 0 Å². The van der Waals surface area contributed by atoms with Gasteiger partial charge in [0.25, 0.3) is 5.56 Å². The van der Waals surface area contributed by atoms with Crippen LogP contribution in [0.3, 0.4) is 0 Å². The predicted octanol–water partition coefficient (Wildman–Crippen LogP) is 2.09. The van der Waals surface area contributed by atoms with Crippen LogP contribution in [0, 0.1) is 0 Å². The fourth-order valence-electron chi connectivity index (χ4n) is 2.46. The average molecular weight is 297 g/mol. The van der Waals surface area contributed by atoms with Crippen LogP contribution in [0.15, 0.2) is 35.4 Å². The van der Waals surface area contributed by atoms with Gasteiger partial charge in [0, 0.05) is 0 Å². The molecule has 2 heterocycles. The second-order valence-corrected chi connectivity index (χ2v) is 5.38. The summed E-state index contributed by atoms with van der Waals surface area (Å²) in [5, 5.41) is 0. The zero-order chi connectivity index (χ0) is 15.5. The van der Waals surface area contributed by atoms with E-state index in [0.29, 0.717) is 17.7 Å². The maximum atomic E-state index is 12.4. The van der Waals surface area contributed by atoms with Gasteiger partial charge in [-0.3, -0.25) is 9.36 Å². The van der Waals surface area contributed by atoms with Gasteiger partial charge in [-0.1, -0.05) is 37.6 Å². The van der Waals surface area contributed by atoms with E-state index in [0.717, 1.165) is 12.0 Å². The maximum Gasteiger partial charge on any atom is 0.281 e. The van der Waals surface area contributed by atoms with Crippen LogP contribution in [0.1, 0.15) is 30.9 Å². The van der Waals surface area contributed by atoms with Gasteiger partial charge in [-0.25, -0.2) is 4.98 Å². The molecule has 0 spiro atoms. The molecule has 0 aliphatic carbocycles. The Morgan fingerprint density at radius 2 is 1.95 bits per heavy atom. The van der Waals surface area contributed by atoms with Crippen molar-refractivity contribution in [2.45, 2.75) is 32.7 Å². The first-order chi connectivity index (χ1) is 10.7. The number of hydrogen-bond acceptors (Lipinski definition) is 4. The molecule has 0 bridgehead atoms. The first kappa shape index (κ1) is 14.3. The summed E-state index contributed by atoms with van der Waals surface area (Å²) in [4.78, 5) is 23.3. The molecular weight excluding hydrogens is 278 g/mol. The van der Waals surface area contributed by atoms with Crippen molar-refractivity contribution < 1.29 is 0 Å². The van der Waals surface area contributed by atoms with Crippen LogP contribution in [0.25, 0.3) is 11.2 Å². The van der Waals surface area contributed by atoms with Gasteiger partial charge in [0.05, 0.1) is 12.9 Å². The van der Waals surface area contributed by atoms with Crippen molar-refractivity contribution in [3.8, 4) is 0 Å². The minimum Gasteiger partial charge on any atom is -0.369 e. The Kier molecular flexibility index (Phi) is 3.91. The molecule has 0 saturated carbocycles. The monoisotopic (exact) mass is 297 g/mol. The van der Waals surface area contributed by atoms with Crippen LogP contribution in [0.5, 0.6) is 0 Å². The highest BCUT2D eigenvalue weighted by atomic mass is 16.1. The van der Waals surface area contributed by atoms with Crippen molar-refractivity contribution in [3.63, 3.8) is 0 Å². The molecule has 114 valence electrons. The van der Waals surface area contributed by atoms with Gasteiger partial charge < -0.3 is 10.7 Å². The molecule has 0 radical (unpaired) electrons. The molecule has 3 N–H and O–H groups in total. The van der Waals surface area contributed by atoms with E-state index in [4.69, 9.17) is 5.73 Å². The minimum absolute atomic E-state index is 0.180. The Labute approximate surface area is 128 Å². The quantitative estimate of drug-likeness (QED) is 0.754. The highest BCUT2D eigenvalue weighted by molar-refractivity contribution is 5.69. The average Bonchev–Trinajstić information content (AvgIpc) is 2.99. The zero-order valence-electron chi connectivity index (χ0n) is 12.5. The summed E-state index contributed by atoms with van der Waals surface area (Å²) in [6.45, 7) is 2.59. The van der Waals surface area contributed by atoms with E-state index < -0.39 is 0 Å². The summed E-state index contributed by atoms with van der Waals surface area (Å²) in [7, 11) is 0. The van der Waals surface area contributed by atoms with E-state index >= 15 is 0 Å². The lowest BCUT2D eigenvalue weighted by atomic mass is 10.1. The van der Waals surface area contributed by atoms with E-state index in [1.165, 1.54) is 29.3 Å². The van der Waals surface area contributed by atoms with Crippen LogP contribution in [-0.2, 0) is 13.0 Å². The van der Waals surface area contributed by atoms with Gasteiger partial charge >= 0.3 is 0 Å². The molecule has 3 rings (SSSR count). The van der Waals surface area contributed by atoms with Crippen molar-refractivity contribution in [2.24, 2.45) is 0 Å². The third-order valence-electron chi connectivity index (χ3n) is 3.76. The smallest absolute Gasteiger partial charge is 0.281 e. The van der Waals surface area contributed by atoms with E-state index in [1.807, 2.05) is 12.1 Å². The summed E-state index contributed by atoms with van der Waals surface area (Å²) in [5.41, 5.74) is 8.76. The van der Waals surface area contributed by atoms with Crippen LogP contribution < -0.4 is 11.3 Å². The molecule has 0 aliphatic rings. The van der Waals surface area contributed by atoms with E-state index in [1.54, 1.807) is 0 Å². The number of hydrogen-bond donors (Lipinski definition) is 2. The first-order valence-electron chi connectivity index (χ1n) is 7.46. The topological polar surface area (TPSA) is 89.6 Å². The Balaban J connectivity index is 1.88. The van der Waals surface area contributed by atoms with Crippen LogP contribution in [-0.4, -0.2) is 19.5 Å². The SMILES string of the molecule is CCCCc1ccc(Cn2c(N)nc3nc[nH]c3c2=O)cc1. The molecule has 0 aliphatic heterocycles. The standard InChI is InChI=1S/C16H19N5O/c1-2-3-4-11-5-7-12(8-6-11)9-21-15(22)13-14(19-10-18-13)20-16(21)17/h5-8,10H,2-4,9H2,1H3,(H2,17,20)(H,18,19). The maximum absolute atomic E-state index is 12.4. The molecule has 0 saturated heterocycles. The molecule has 2 aromatic heterocycles. The van der Waals surface area contributed by atoms with Crippen molar-refractivity contribution in [2.75, 3.05) is 5.73 Å². The number of H-pyrrole nitrogens is 1. The predicted molar refractivity (Wildman–Crippen MR) is 86.7 cm³/mol. The van der Waals surface area contributed by atoms with E-state index in [-0.39, 0.29) is 11.5 Å². The van der Waals surface area contributed by atoms with E-state index in [9.17, 15) is 4.79 Å². The van der Waals surface area contributed by atoms with Gasteiger partial charge in [-0.05, 0) is 24.0 Å². The second-order valence-electron chi connectivity index (χ2n) is 5.38. The molecule has 1 aromatic carbocycles. The molecule has 3 aromatic rings. The largest absolute Gasteiger partial charge is 0.369 e. The Hall–Kier alpha value is -2.63. The third-order valence-corrected chi connectivity index (χ3v) is 3.76. The summed E-state index contributed by atoms with van der Waals surface area (Å²) in [6, 6.07) is 8.28. The number of benzene rings is 1. The van der Waals surface area contributed by atoms with Gasteiger partial charge in [0.15, 0.2) is 11.2 Å². The number of nitrogens with two attached hydrogens (primary N) is 1. The molecule has 0 amide bonds. The fourth-order valence-corrected chi connectivity index (χ4v) is 2.46. The van der Waals surface area contributed by atoms with Crippen molar-refractivity contribution >= 4 is 17.1 Å². The summed E-state index contributed by atoms with van der Waals surface area (Å²) in [5.74, 6) is 0.180. The normalized spacial score (nSPS) is 11.1. The minimum atomic E-state index is -0.199. The van der Waals surface area contributed by atoms with Gasteiger partial charge in [-0.2, -0.15) is 4.98 Å². The molecule has 6 nitrogen and oxygen atoms in total. The number of unbranched alkanes of at least 4 members (excludes halogenated alkanes) is 1. The van der Waals surface area contributed by atoms with Crippen LogP contribution >= 0.6 is 0 Å². The number of anilines is 1. The highest BCUT2D eigenvalue weighted by Gasteiger charge is 2.10. The molecule has 6 heteroatoms. The molecule has 0 fully saturated rings. The zero-order valence-corrected chi connectivity index (χ0v) is 12.5. The number of nitrogen functional groups attached to an aromatic ring is 1. The van der Waals surface area contributed by atoms with Gasteiger partial charge in [0.1, 0.15) is 0 Å². The van der Waals surface area contributed by atoms with Crippen LogP contribution in [0.4, 0.5) is 5.95 Å². The number of fused-ring (bicyclic) bond motifs is 1. The highest BCUT2D eigenvalue weighted by Crippen LogP contribution is 2.11. The Morgan fingerprint density at radius 1 is 1.23 bits per heavy atom. The Morgan fingerprint density at radius 3 is 2.68 bits per heavy atom.